The van der Waals surface area contributed by atoms with Crippen LogP contribution >= 0.6 is 23.8 Å². The van der Waals surface area contributed by atoms with E-state index < -0.39 is 11.8 Å². The van der Waals surface area contributed by atoms with Gasteiger partial charge in [0.05, 0.1) is 5.69 Å². The van der Waals surface area contributed by atoms with Crippen LogP contribution in [0.4, 0.5) is 5.69 Å². The van der Waals surface area contributed by atoms with Crippen molar-refractivity contribution in [1.82, 2.24) is 9.88 Å². The van der Waals surface area contributed by atoms with Gasteiger partial charge in [-0.2, -0.15) is 0 Å². The Hall–Kier alpha value is -2.44. The summed E-state index contributed by atoms with van der Waals surface area (Å²) in [6.45, 7) is 3.90. The van der Waals surface area contributed by atoms with Crippen LogP contribution in [0, 0.1) is 13.8 Å². The van der Waals surface area contributed by atoms with Crippen LogP contribution in [-0.2, 0) is 16.6 Å². The van der Waals surface area contributed by atoms with E-state index in [1.165, 1.54) is 4.90 Å². The third-order valence-corrected chi connectivity index (χ3v) is 4.84. The lowest BCUT2D eigenvalue weighted by molar-refractivity contribution is -0.122. The monoisotopic (exact) mass is 373 g/mol. The maximum absolute atomic E-state index is 12.9. The van der Waals surface area contributed by atoms with Crippen LogP contribution in [0.15, 0.2) is 35.9 Å². The second-order valence-electron chi connectivity index (χ2n) is 5.82. The third-order valence-electron chi connectivity index (χ3n) is 4.30. The van der Waals surface area contributed by atoms with Crippen LogP contribution in [-0.4, -0.2) is 21.5 Å². The van der Waals surface area contributed by atoms with Crippen LogP contribution in [0.1, 0.15) is 17.0 Å². The summed E-state index contributed by atoms with van der Waals surface area (Å²) >= 11 is 11.1. The zero-order valence-electron chi connectivity index (χ0n) is 14.0. The van der Waals surface area contributed by atoms with E-state index in [1.807, 2.05) is 31.5 Å². The molecule has 3 rings (SSSR count). The third kappa shape index (κ3) is 3.10. The van der Waals surface area contributed by atoms with Crippen molar-refractivity contribution >= 4 is 52.5 Å². The molecule has 1 aliphatic rings. The van der Waals surface area contributed by atoms with Crippen molar-refractivity contribution in [3.63, 3.8) is 0 Å². The molecule has 0 unspecified atom stereocenters. The molecule has 0 bridgehead atoms. The molecule has 2 amide bonds. The number of benzene rings is 1. The second kappa shape index (κ2) is 6.46. The summed E-state index contributed by atoms with van der Waals surface area (Å²) in [6.07, 6.45) is 1.60. The molecule has 0 atom stereocenters. The zero-order valence-corrected chi connectivity index (χ0v) is 15.5. The van der Waals surface area contributed by atoms with Gasteiger partial charge in [-0.1, -0.05) is 11.6 Å². The van der Waals surface area contributed by atoms with Crippen molar-refractivity contribution in [3.05, 3.63) is 57.9 Å². The van der Waals surface area contributed by atoms with Gasteiger partial charge in [0, 0.05) is 23.5 Å². The van der Waals surface area contributed by atoms with Crippen molar-refractivity contribution in [2.75, 3.05) is 4.90 Å². The zero-order chi connectivity index (χ0) is 18.3. The summed E-state index contributed by atoms with van der Waals surface area (Å²) in [5.74, 6) is -0.960. The Kier molecular flexibility index (Phi) is 4.49. The molecule has 1 aromatic heterocycles. The molecule has 1 N–H and O–H groups in total. The summed E-state index contributed by atoms with van der Waals surface area (Å²) in [6, 6.07) is 8.62. The van der Waals surface area contributed by atoms with Crippen LogP contribution in [0.2, 0.25) is 5.02 Å². The van der Waals surface area contributed by atoms with Gasteiger partial charge >= 0.3 is 0 Å². The summed E-state index contributed by atoms with van der Waals surface area (Å²) in [5, 5.41) is 3.18. The standard InChI is InChI=1S/C18H16ClN3O2S/c1-10-8-12(11(2)21(10)3)9-15-16(23)20-18(25)22(17(15)24)14-6-4-13(19)5-7-14/h4-9H,1-3H3,(H,20,23,25). The fraction of sp³-hybridized carbons (Fsp3) is 0.167. The van der Waals surface area contributed by atoms with Gasteiger partial charge < -0.3 is 4.57 Å². The van der Waals surface area contributed by atoms with Gasteiger partial charge in [0.1, 0.15) is 5.57 Å². The molecule has 2 aromatic rings. The highest BCUT2D eigenvalue weighted by Gasteiger charge is 2.34. The largest absolute Gasteiger partial charge is 0.352 e. The first-order chi connectivity index (χ1) is 11.8. The van der Waals surface area contributed by atoms with Crippen molar-refractivity contribution in [3.8, 4) is 0 Å². The van der Waals surface area contributed by atoms with Crippen molar-refractivity contribution in [1.29, 1.82) is 0 Å². The Morgan fingerprint density at radius 3 is 2.36 bits per heavy atom. The van der Waals surface area contributed by atoms with Gasteiger partial charge in [-0.15, -0.1) is 0 Å². The molecular weight excluding hydrogens is 358 g/mol. The van der Waals surface area contributed by atoms with Crippen LogP contribution in [0.5, 0.6) is 0 Å². The molecule has 7 heteroatoms. The van der Waals surface area contributed by atoms with Crippen molar-refractivity contribution < 1.29 is 9.59 Å². The molecule has 0 aliphatic carbocycles. The second-order valence-corrected chi connectivity index (χ2v) is 6.64. The summed E-state index contributed by atoms with van der Waals surface area (Å²) in [5.41, 5.74) is 3.42. The summed E-state index contributed by atoms with van der Waals surface area (Å²) in [7, 11) is 1.94. The van der Waals surface area contributed by atoms with Gasteiger partial charge in [0.15, 0.2) is 5.11 Å². The summed E-state index contributed by atoms with van der Waals surface area (Å²) in [4.78, 5) is 26.5. The predicted octanol–water partition coefficient (Wildman–Crippen LogP) is 3.13. The average molecular weight is 374 g/mol. The van der Waals surface area contributed by atoms with Crippen LogP contribution < -0.4 is 10.2 Å². The average Bonchev–Trinajstić information content (AvgIpc) is 2.80. The molecule has 25 heavy (non-hydrogen) atoms. The van der Waals surface area contributed by atoms with Gasteiger partial charge in [-0.05, 0) is 68.0 Å². The van der Waals surface area contributed by atoms with E-state index >= 15 is 0 Å². The van der Waals surface area contributed by atoms with Gasteiger partial charge in [-0.25, -0.2) is 0 Å². The molecule has 2 heterocycles. The van der Waals surface area contributed by atoms with E-state index in [0.29, 0.717) is 10.7 Å². The number of amides is 2. The van der Waals surface area contributed by atoms with Crippen LogP contribution in [0.25, 0.3) is 6.08 Å². The molecule has 1 fully saturated rings. The topological polar surface area (TPSA) is 54.3 Å². The maximum atomic E-state index is 12.9. The fourth-order valence-electron chi connectivity index (χ4n) is 2.67. The Morgan fingerprint density at radius 2 is 1.80 bits per heavy atom. The molecule has 0 radical (unpaired) electrons. The maximum Gasteiger partial charge on any atom is 0.270 e. The Balaban J connectivity index is 2.05. The number of carbonyl (C=O) groups is 2. The number of aromatic nitrogens is 1. The van der Waals surface area contributed by atoms with E-state index in [4.69, 9.17) is 23.8 Å². The van der Waals surface area contributed by atoms with Crippen molar-refractivity contribution in [2.45, 2.75) is 13.8 Å². The smallest absolute Gasteiger partial charge is 0.270 e. The number of carbonyl (C=O) groups excluding carboxylic acids is 2. The molecule has 1 aliphatic heterocycles. The van der Waals surface area contributed by atoms with E-state index in [2.05, 4.69) is 5.32 Å². The molecular formula is C18H16ClN3O2S. The lowest BCUT2D eigenvalue weighted by Gasteiger charge is -2.28. The van der Waals surface area contributed by atoms with Gasteiger partial charge in [-0.3, -0.25) is 19.8 Å². The molecule has 0 spiro atoms. The molecule has 1 saturated heterocycles. The molecule has 128 valence electrons. The number of hydrogen-bond acceptors (Lipinski definition) is 3. The van der Waals surface area contributed by atoms with E-state index in [0.717, 1.165) is 17.0 Å². The first kappa shape index (κ1) is 17.4. The van der Waals surface area contributed by atoms with Gasteiger partial charge in [0.25, 0.3) is 11.8 Å². The number of nitrogens with one attached hydrogen (secondary N) is 1. The van der Waals surface area contributed by atoms with Crippen LogP contribution in [0.3, 0.4) is 0 Å². The first-order valence-electron chi connectivity index (χ1n) is 7.59. The van der Waals surface area contributed by atoms with E-state index in [1.54, 1.807) is 30.3 Å². The number of anilines is 1. The molecule has 5 nitrogen and oxygen atoms in total. The van der Waals surface area contributed by atoms with E-state index in [9.17, 15) is 9.59 Å². The molecule has 0 saturated carbocycles. The first-order valence-corrected chi connectivity index (χ1v) is 8.38. The van der Waals surface area contributed by atoms with E-state index in [-0.39, 0.29) is 10.7 Å². The highest BCUT2D eigenvalue weighted by atomic mass is 35.5. The lowest BCUT2D eigenvalue weighted by atomic mass is 10.1. The minimum Gasteiger partial charge on any atom is -0.352 e. The Bertz CT molecular complexity index is 929. The minimum absolute atomic E-state index is 0.0391. The summed E-state index contributed by atoms with van der Waals surface area (Å²) < 4.78 is 2.00. The number of aryl methyl sites for hydroxylation is 1. The number of thiocarbonyl (C=S) groups is 1. The quantitative estimate of drug-likeness (QED) is 0.500. The normalized spacial score (nSPS) is 16.6. The highest BCUT2D eigenvalue weighted by molar-refractivity contribution is 7.80. The predicted molar refractivity (Wildman–Crippen MR) is 103 cm³/mol. The highest BCUT2D eigenvalue weighted by Crippen LogP contribution is 2.24. The number of rotatable bonds is 2. The Morgan fingerprint density at radius 1 is 1.16 bits per heavy atom. The number of halogens is 1. The fourth-order valence-corrected chi connectivity index (χ4v) is 3.08. The SMILES string of the molecule is Cc1cc(C=C2C(=O)NC(=S)N(c3ccc(Cl)cc3)C2=O)c(C)n1C. The lowest BCUT2D eigenvalue weighted by Crippen LogP contribution is -2.54. The molecule has 1 aromatic carbocycles. The minimum atomic E-state index is -0.499. The van der Waals surface area contributed by atoms with Gasteiger partial charge in [0.2, 0.25) is 0 Å². The van der Waals surface area contributed by atoms with Crippen molar-refractivity contribution in [2.24, 2.45) is 7.05 Å². The number of hydrogen-bond donors (Lipinski definition) is 1. The Labute approximate surface area is 155 Å². The number of nitrogens with zero attached hydrogens (tertiary/aromatic N) is 2.